The Morgan fingerprint density at radius 3 is 2.89 bits per heavy atom. The lowest BCUT2D eigenvalue weighted by Gasteiger charge is -2.07. The predicted molar refractivity (Wildman–Crippen MR) is 75.5 cm³/mol. The minimum atomic E-state index is -0.449. The molecule has 1 atom stereocenters. The van der Waals surface area contributed by atoms with Gasteiger partial charge < -0.3 is 10.1 Å². The first kappa shape index (κ1) is 13.7. The van der Waals surface area contributed by atoms with E-state index in [2.05, 4.69) is 21.9 Å². The fourth-order valence-electron chi connectivity index (χ4n) is 2.07. The maximum atomic E-state index is 10.1. The molecule has 0 saturated heterocycles. The van der Waals surface area contributed by atoms with E-state index in [9.17, 15) is 5.11 Å². The Bertz CT molecular complexity index is 481. The number of aromatic amines is 1. The molecule has 0 spiro atoms. The van der Waals surface area contributed by atoms with E-state index in [0.29, 0.717) is 0 Å². The first-order chi connectivity index (χ1) is 9.31. The molecule has 2 aromatic rings. The molecule has 0 amide bonds. The highest BCUT2D eigenvalue weighted by Gasteiger charge is 2.11. The molecule has 0 fully saturated rings. The topological polar surface area (TPSA) is 61.8 Å². The van der Waals surface area contributed by atoms with Crippen LogP contribution in [0.4, 0.5) is 0 Å². The molecule has 4 nitrogen and oxygen atoms in total. The van der Waals surface area contributed by atoms with Crippen molar-refractivity contribution in [3.05, 3.63) is 36.4 Å². The number of hydrogen-bond donors (Lipinski definition) is 2. The van der Waals surface area contributed by atoms with E-state index in [4.69, 9.17) is 0 Å². The van der Waals surface area contributed by atoms with Gasteiger partial charge in [-0.05, 0) is 18.6 Å². The number of nitrogens with one attached hydrogen (secondary N) is 1. The van der Waals surface area contributed by atoms with Crippen LogP contribution >= 0.6 is 0 Å². The first-order valence-corrected chi connectivity index (χ1v) is 6.94. The summed E-state index contributed by atoms with van der Waals surface area (Å²) >= 11 is 0. The Morgan fingerprint density at radius 2 is 2.16 bits per heavy atom. The molecule has 0 radical (unpaired) electrons. The fraction of sp³-hybridized carbons (Fsp3) is 0.467. The third-order valence-electron chi connectivity index (χ3n) is 3.22. The SMILES string of the molecule is CCCCCC[C@@H](O)c1cnc(-c2cccnc2)[nH]1. The van der Waals surface area contributed by atoms with Crippen molar-refractivity contribution in [2.24, 2.45) is 0 Å². The Morgan fingerprint density at radius 1 is 1.26 bits per heavy atom. The number of aliphatic hydroxyl groups excluding tert-OH is 1. The molecule has 2 rings (SSSR count). The number of pyridine rings is 1. The van der Waals surface area contributed by atoms with E-state index >= 15 is 0 Å². The van der Waals surface area contributed by atoms with Gasteiger partial charge >= 0.3 is 0 Å². The smallest absolute Gasteiger partial charge is 0.139 e. The zero-order valence-electron chi connectivity index (χ0n) is 11.3. The molecule has 0 aromatic carbocycles. The highest BCUT2D eigenvalue weighted by molar-refractivity contribution is 5.53. The summed E-state index contributed by atoms with van der Waals surface area (Å²) in [4.78, 5) is 11.5. The molecule has 2 N–H and O–H groups in total. The number of nitrogens with zero attached hydrogens (tertiary/aromatic N) is 2. The zero-order valence-corrected chi connectivity index (χ0v) is 11.3. The van der Waals surface area contributed by atoms with E-state index in [0.717, 1.165) is 29.9 Å². The second-order valence-corrected chi connectivity index (χ2v) is 4.79. The van der Waals surface area contributed by atoms with Crippen LogP contribution in [0.1, 0.15) is 50.8 Å². The summed E-state index contributed by atoms with van der Waals surface area (Å²) in [5, 5.41) is 10.1. The van der Waals surface area contributed by atoms with Crippen LogP contribution in [-0.2, 0) is 0 Å². The first-order valence-electron chi connectivity index (χ1n) is 6.94. The summed E-state index contributed by atoms with van der Waals surface area (Å²) in [5.74, 6) is 0.760. The van der Waals surface area contributed by atoms with Crippen molar-refractivity contribution in [1.82, 2.24) is 15.0 Å². The average molecular weight is 259 g/mol. The van der Waals surface area contributed by atoms with Crippen molar-refractivity contribution in [2.45, 2.75) is 45.1 Å². The van der Waals surface area contributed by atoms with E-state index < -0.39 is 6.10 Å². The van der Waals surface area contributed by atoms with Crippen molar-refractivity contribution >= 4 is 0 Å². The molecule has 2 aromatic heterocycles. The number of H-pyrrole nitrogens is 1. The van der Waals surface area contributed by atoms with Crippen LogP contribution in [0.15, 0.2) is 30.7 Å². The van der Waals surface area contributed by atoms with Gasteiger partial charge in [-0.1, -0.05) is 32.6 Å². The van der Waals surface area contributed by atoms with Crippen molar-refractivity contribution in [3.8, 4) is 11.4 Å². The Labute approximate surface area is 113 Å². The van der Waals surface area contributed by atoms with Gasteiger partial charge in [-0.25, -0.2) is 4.98 Å². The second-order valence-electron chi connectivity index (χ2n) is 4.79. The molecule has 19 heavy (non-hydrogen) atoms. The highest BCUT2D eigenvalue weighted by atomic mass is 16.3. The number of imidazole rings is 1. The lowest BCUT2D eigenvalue weighted by atomic mass is 10.1. The summed E-state index contributed by atoms with van der Waals surface area (Å²) < 4.78 is 0. The minimum Gasteiger partial charge on any atom is -0.387 e. The van der Waals surface area contributed by atoms with Gasteiger partial charge in [0.1, 0.15) is 5.82 Å². The maximum absolute atomic E-state index is 10.1. The summed E-state index contributed by atoms with van der Waals surface area (Å²) in [6.45, 7) is 2.19. The van der Waals surface area contributed by atoms with Crippen LogP contribution in [-0.4, -0.2) is 20.1 Å². The molecule has 2 heterocycles. The quantitative estimate of drug-likeness (QED) is 0.748. The van der Waals surface area contributed by atoms with Crippen LogP contribution in [0.25, 0.3) is 11.4 Å². The summed E-state index contributed by atoms with van der Waals surface area (Å²) in [6.07, 6.45) is 10.2. The van der Waals surface area contributed by atoms with Gasteiger partial charge in [0.25, 0.3) is 0 Å². The fourth-order valence-corrected chi connectivity index (χ4v) is 2.07. The van der Waals surface area contributed by atoms with E-state index in [-0.39, 0.29) is 0 Å². The number of rotatable bonds is 7. The van der Waals surface area contributed by atoms with Crippen LogP contribution in [0.3, 0.4) is 0 Å². The van der Waals surface area contributed by atoms with Crippen LogP contribution in [0, 0.1) is 0 Å². The lowest BCUT2D eigenvalue weighted by Crippen LogP contribution is -1.97. The van der Waals surface area contributed by atoms with Crippen molar-refractivity contribution in [3.63, 3.8) is 0 Å². The third-order valence-corrected chi connectivity index (χ3v) is 3.22. The standard InChI is InChI=1S/C15H21N3O/c1-2-3-4-5-8-14(19)13-11-17-15(18-13)12-7-6-9-16-10-12/h6-7,9-11,14,19H,2-5,8H2,1H3,(H,17,18)/t14-/m1/s1. The van der Waals surface area contributed by atoms with Gasteiger partial charge in [0.2, 0.25) is 0 Å². The van der Waals surface area contributed by atoms with Crippen LogP contribution < -0.4 is 0 Å². The Hall–Kier alpha value is -1.68. The molecule has 0 saturated carbocycles. The van der Waals surface area contributed by atoms with Gasteiger partial charge in [-0.15, -0.1) is 0 Å². The normalized spacial score (nSPS) is 12.5. The van der Waals surface area contributed by atoms with Gasteiger partial charge in [-0.3, -0.25) is 4.98 Å². The molecular formula is C15H21N3O. The number of hydrogen-bond acceptors (Lipinski definition) is 3. The molecule has 0 aliphatic rings. The summed E-state index contributed by atoms with van der Waals surface area (Å²) in [7, 11) is 0. The average Bonchev–Trinajstić information content (AvgIpc) is 2.94. The van der Waals surface area contributed by atoms with Crippen LogP contribution in [0.5, 0.6) is 0 Å². The number of unbranched alkanes of at least 4 members (excludes halogenated alkanes) is 3. The largest absolute Gasteiger partial charge is 0.387 e. The number of aliphatic hydroxyl groups is 1. The van der Waals surface area contributed by atoms with E-state index in [1.165, 1.54) is 19.3 Å². The second kappa shape index (κ2) is 7.04. The van der Waals surface area contributed by atoms with Crippen molar-refractivity contribution in [2.75, 3.05) is 0 Å². The monoisotopic (exact) mass is 259 g/mol. The molecule has 0 aliphatic carbocycles. The van der Waals surface area contributed by atoms with E-state index in [1.807, 2.05) is 12.1 Å². The molecular weight excluding hydrogens is 238 g/mol. The molecule has 4 heteroatoms. The van der Waals surface area contributed by atoms with Gasteiger partial charge in [0.05, 0.1) is 18.0 Å². The van der Waals surface area contributed by atoms with Crippen molar-refractivity contribution < 1.29 is 5.11 Å². The molecule has 0 bridgehead atoms. The van der Waals surface area contributed by atoms with Gasteiger partial charge in [-0.2, -0.15) is 0 Å². The number of aromatic nitrogens is 3. The lowest BCUT2D eigenvalue weighted by molar-refractivity contribution is 0.159. The third kappa shape index (κ3) is 3.89. The maximum Gasteiger partial charge on any atom is 0.139 e. The Kier molecular flexibility index (Phi) is 5.10. The van der Waals surface area contributed by atoms with Gasteiger partial charge in [0, 0.05) is 18.0 Å². The molecule has 0 aliphatic heterocycles. The van der Waals surface area contributed by atoms with Crippen LogP contribution in [0.2, 0.25) is 0 Å². The predicted octanol–water partition coefficient (Wildman–Crippen LogP) is 3.48. The van der Waals surface area contributed by atoms with Crippen molar-refractivity contribution in [1.29, 1.82) is 0 Å². The van der Waals surface area contributed by atoms with E-state index in [1.54, 1.807) is 18.6 Å². The summed E-state index contributed by atoms with van der Waals surface area (Å²) in [5.41, 5.74) is 1.72. The highest BCUT2D eigenvalue weighted by Crippen LogP contribution is 2.21. The Balaban J connectivity index is 1.93. The van der Waals surface area contributed by atoms with Gasteiger partial charge in [0.15, 0.2) is 0 Å². The zero-order chi connectivity index (χ0) is 13.5. The summed E-state index contributed by atoms with van der Waals surface area (Å²) in [6, 6.07) is 3.82. The molecule has 102 valence electrons. The molecule has 0 unspecified atom stereocenters. The minimum absolute atomic E-state index is 0.449.